The largest absolute Gasteiger partial charge is 0.461 e. The van der Waals surface area contributed by atoms with E-state index in [1.165, 1.54) is 0 Å². The molecule has 110 valence electrons. The summed E-state index contributed by atoms with van der Waals surface area (Å²) in [5.74, 6) is 0.266. The second-order valence-electron chi connectivity index (χ2n) is 4.62. The Kier molecular flexibility index (Phi) is 4.89. The molecule has 6 nitrogen and oxygen atoms in total. The maximum atomic E-state index is 12.1. The molecule has 0 fully saturated rings. The Labute approximate surface area is 119 Å². The number of aromatic nitrogens is 2. The molecule has 0 bridgehead atoms. The van der Waals surface area contributed by atoms with Gasteiger partial charge in [0.05, 0.1) is 12.3 Å². The van der Waals surface area contributed by atoms with E-state index in [4.69, 9.17) is 4.74 Å². The van der Waals surface area contributed by atoms with E-state index >= 15 is 0 Å². The molecule has 0 saturated carbocycles. The van der Waals surface area contributed by atoms with Gasteiger partial charge in [-0.05, 0) is 20.8 Å². The minimum atomic E-state index is -0.358. The zero-order valence-electron chi connectivity index (χ0n) is 12.4. The number of carbonyl (C=O) groups is 1. The number of anilines is 1. The number of rotatable bonds is 5. The van der Waals surface area contributed by atoms with Crippen LogP contribution in [0, 0.1) is 0 Å². The van der Waals surface area contributed by atoms with Crippen LogP contribution in [0.3, 0.4) is 0 Å². The number of fused-ring (bicyclic) bond motifs is 1. The van der Waals surface area contributed by atoms with E-state index in [1.54, 1.807) is 6.92 Å². The molecule has 6 heteroatoms. The summed E-state index contributed by atoms with van der Waals surface area (Å²) in [5, 5.41) is 3.25. The fraction of sp³-hybridized carbons (Fsp3) is 0.643. The number of esters is 1. The van der Waals surface area contributed by atoms with Crippen molar-refractivity contribution in [2.45, 2.75) is 33.7 Å². The van der Waals surface area contributed by atoms with Crippen molar-refractivity contribution >= 4 is 11.9 Å². The highest BCUT2D eigenvalue weighted by molar-refractivity contribution is 5.89. The highest BCUT2D eigenvalue weighted by Crippen LogP contribution is 2.20. The van der Waals surface area contributed by atoms with Crippen LogP contribution < -0.4 is 10.2 Å². The van der Waals surface area contributed by atoms with Crippen molar-refractivity contribution in [2.24, 2.45) is 0 Å². The van der Waals surface area contributed by atoms with E-state index in [-0.39, 0.29) is 5.97 Å². The topological polar surface area (TPSA) is 67.3 Å². The highest BCUT2D eigenvalue weighted by atomic mass is 16.5. The molecule has 0 aliphatic carbocycles. The molecular weight excluding hydrogens is 256 g/mol. The Morgan fingerprint density at radius 1 is 1.30 bits per heavy atom. The molecule has 2 rings (SSSR count). The Morgan fingerprint density at radius 2 is 2.05 bits per heavy atom. The normalized spacial score (nSPS) is 13.8. The summed E-state index contributed by atoms with van der Waals surface area (Å²) in [5.41, 5.74) is 2.25. The highest BCUT2D eigenvalue weighted by Gasteiger charge is 2.24. The summed E-state index contributed by atoms with van der Waals surface area (Å²) in [4.78, 5) is 23.2. The predicted octanol–water partition coefficient (Wildman–Crippen LogP) is 1.15. The minimum absolute atomic E-state index is 0.353. The lowest BCUT2D eigenvalue weighted by atomic mass is 10.1. The van der Waals surface area contributed by atoms with Crippen molar-refractivity contribution < 1.29 is 9.53 Å². The summed E-state index contributed by atoms with van der Waals surface area (Å²) in [6, 6.07) is 0. The molecule has 0 spiro atoms. The second kappa shape index (κ2) is 6.65. The van der Waals surface area contributed by atoms with E-state index in [9.17, 15) is 4.79 Å². The van der Waals surface area contributed by atoms with Crippen molar-refractivity contribution in [2.75, 3.05) is 31.1 Å². The van der Waals surface area contributed by atoms with Crippen LogP contribution in [0.5, 0.6) is 0 Å². The summed E-state index contributed by atoms with van der Waals surface area (Å²) < 4.78 is 5.12. The first-order chi connectivity index (χ1) is 9.71. The van der Waals surface area contributed by atoms with Crippen LogP contribution in [0.2, 0.25) is 0 Å². The summed E-state index contributed by atoms with van der Waals surface area (Å²) >= 11 is 0. The van der Waals surface area contributed by atoms with E-state index < -0.39 is 0 Å². The van der Waals surface area contributed by atoms with Gasteiger partial charge in [-0.1, -0.05) is 0 Å². The van der Waals surface area contributed by atoms with Gasteiger partial charge in [-0.25, -0.2) is 14.8 Å². The summed E-state index contributed by atoms with van der Waals surface area (Å²) in [6.45, 7) is 9.40. The molecule has 1 aliphatic rings. The number of nitrogens with one attached hydrogen (secondary N) is 1. The van der Waals surface area contributed by atoms with Gasteiger partial charge in [-0.2, -0.15) is 0 Å². The quantitative estimate of drug-likeness (QED) is 0.815. The van der Waals surface area contributed by atoms with Crippen LogP contribution in [0.25, 0.3) is 0 Å². The molecule has 0 amide bonds. The Morgan fingerprint density at radius 3 is 2.70 bits per heavy atom. The molecule has 0 aromatic carbocycles. The van der Waals surface area contributed by atoms with Gasteiger partial charge in [0, 0.05) is 38.2 Å². The lowest BCUT2D eigenvalue weighted by molar-refractivity contribution is 0.0517. The molecule has 0 atom stereocenters. The van der Waals surface area contributed by atoms with Crippen molar-refractivity contribution in [1.82, 2.24) is 15.3 Å². The zero-order valence-corrected chi connectivity index (χ0v) is 12.4. The van der Waals surface area contributed by atoms with Crippen LogP contribution in [-0.4, -0.2) is 42.2 Å². The zero-order chi connectivity index (χ0) is 14.5. The first-order valence-corrected chi connectivity index (χ1v) is 7.23. The SMILES string of the molecule is CCOC(=O)c1nc(N(CC)CC)nc2c1CNCC2. The monoisotopic (exact) mass is 278 g/mol. The van der Waals surface area contributed by atoms with Gasteiger partial charge >= 0.3 is 5.97 Å². The molecule has 1 aromatic heterocycles. The van der Waals surface area contributed by atoms with Gasteiger partial charge in [-0.15, -0.1) is 0 Å². The molecule has 1 N–H and O–H groups in total. The van der Waals surface area contributed by atoms with Gasteiger partial charge in [0.1, 0.15) is 0 Å². The van der Waals surface area contributed by atoms with Crippen molar-refractivity contribution in [3.05, 3.63) is 17.0 Å². The van der Waals surface area contributed by atoms with Gasteiger partial charge < -0.3 is 15.0 Å². The van der Waals surface area contributed by atoms with Crippen molar-refractivity contribution in [3.63, 3.8) is 0 Å². The minimum Gasteiger partial charge on any atom is -0.461 e. The lowest BCUT2D eigenvalue weighted by Gasteiger charge is -2.24. The molecule has 0 unspecified atom stereocenters. The van der Waals surface area contributed by atoms with E-state index in [2.05, 4.69) is 29.1 Å². The Bertz CT molecular complexity index is 486. The molecule has 1 aliphatic heterocycles. The molecule has 0 saturated heterocycles. The molecule has 0 radical (unpaired) electrons. The number of carbonyl (C=O) groups excluding carboxylic acids is 1. The fourth-order valence-electron chi connectivity index (χ4n) is 2.35. The van der Waals surface area contributed by atoms with E-state index in [0.29, 0.717) is 24.8 Å². The Balaban J connectivity index is 2.46. The van der Waals surface area contributed by atoms with Crippen LogP contribution >= 0.6 is 0 Å². The molecule has 20 heavy (non-hydrogen) atoms. The van der Waals surface area contributed by atoms with Crippen LogP contribution in [0.1, 0.15) is 42.5 Å². The summed E-state index contributed by atoms with van der Waals surface area (Å²) in [7, 11) is 0. The third kappa shape index (κ3) is 2.90. The first kappa shape index (κ1) is 14.7. The van der Waals surface area contributed by atoms with Gasteiger partial charge in [0.2, 0.25) is 5.95 Å². The van der Waals surface area contributed by atoms with Crippen LogP contribution in [0.4, 0.5) is 5.95 Å². The molecule has 1 aromatic rings. The third-order valence-corrected chi connectivity index (χ3v) is 3.44. The first-order valence-electron chi connectivity index (χ1n) is 7.23. The van der Waals surface area contributed by atoms with Crippen LogP contribution in [-0.2, 0) is 17.7 Å². The van der Waals surface area contributed by atoms with Crippen molar-refractivity contribution in [1.29, 1.82) is 0 Å². The number of hydrogen-bond acceptors (Lipinski definition) is 6. The average molecular weight is 278 g/mol. The van der Waals surface area contributed by atoms with Gasteiger partial charge in [-0.3, -0.25) is 0 Å². The second-order valence-corrected chi connectivity index (χ2v) is 4.62. The van der Waals surface area contributed by atoms with Crippen LogP contribution in [0.15, 0.2) is 0 Å². The van der Waals surface area contributed by atoms with E-state index in [1.807, 2.05) is 4.90 Å². The maximum absolute atomic E-state index is 12.1. The molecular formula is C14H22N4O2. The standard InChI is InChI=1S/C14H22N4O2/c1-4-18(5-2)14-16-11-7-8-15-9-10(11)12(17-14)13(19)20-6-3/h15H,4-9H2,1-3H3. The van der Waals surface area contributed by atoms with Gasteiger partial charge in [0.15, 0.2) is 5.69 Å². The smallest absolute Gasteiger partial charge is 0.357 e. The van der Waals surface area contributed by atoms with Crippen molar-refractivity contribution in [3.8, 4) is 0 Å². The molecule has 2 heterocycles. The number of hydrogen-bond donors (Lipinski definition) is 1. The lowest BCUT2D eigenvalue weighted by Crippen LogP contribution is -2.31. The number of ether oxygens (including phenoxy) is 1. The Hall–Kier alpha value is -1.69. The predicted molar refractivity (Wildman–Crippen MR) is 77.0 cm³/mol. The maximum Gasteiger partial charge on any atom is 0.357 e. The summed E-state index contributed by atoms with van der Waals surface area (Å²) in [6.07, 6.45) is 0.818. The fourth-order valence-corrected chi connectivity index (χ4v) is 2.35. The van der Waals surface area contributed by atoms with E-state index in [0.717, 1.165) is 37.3 Å². The number of nitrogens with zero attached hydrogens (tertiary/aromatic N) is 3. The van der Waals surface area contributed by atoms with Gasteiger partial charge in [0.25, 0.3) is 0 Å². The third-order valence-electron chi connectivity index (χ3n) is 3.44. The average Bonchev–Trinajstić information content (AvgIpc) is 2.48.